The summed E-state index contributed by atoms with van der Waals surface area (Å²) in [4.78, 5) is 0. The standard InChI is InChI=1S/C48H30/c1-3-7-33-25-35(11-9-31(33)5-1)37-17-21-45-41(27-37)13-15-43-29-39(19-23-47(43)45)40-20-24-48-44(30-40)16-14-42-28-38(18-22-46(42)48)36-12-10-32-6-2-4-8-34(32)26-36/h1-30H. The average molecular weight is 607 g/mol. The van der Waals surface area contributed by atoms with Crippen molar-refractivity contribution in [3.63, 3.8) is 0 Å². The fourth-order valence-corrected chi connectivity index (χ4v) is 7.60. The molecule has 0 saturated heterocycles. The minimum absolute atomic E-state index is 1.24. The van der Waals surface area contributed by atoms with Crippen LogP contribution in [-0.2, 0) is 0 Å². The van der Waals surface area contributed by atoms with E-state index in [0.29, 0.717) is 0 Å². The predicted molar refractivity (Wildman–Crippen MR) is 208 cm³/mol. The van der Waals surface area contributed by atoms with Crippen molar-refractivity contribution in [2.45, 2.75) is 0 Å². The van der Waals surface area contributed by atoms with E-state index < -0.39 is 0 Å². The van der Waals surface area contributed by atoms with Crippen LogP contribution in [0.2, 0.25) is 0 Å². The maximum Gasteiger partial charge on any atom is -0.0105 e. The van der Waals surface area contributed by atoms with Gasteiger partial charge in [-0.05, 0) is 134 Å². The molecule has 0 atom stereocenters. The second kappa shape index (κ2) is 10.7. The van der Waals surface area contributed by atoms with Crippen molar-refractivity contribution in [2.24, 2.45) is 0 Å². The maximum absolute atomic E-state index is 2.34. The first kappa shape index (κ1) is 26.9. The van der Waals surface area contributed by atoms with Crippen LogP contribution >= 0.6 is 0 Å². The lowest BCUT2D eigenvalue weighted by atomic mass is 9.93. The molecule has 0 heteroatoms. The topological polar surface area (TPSA) is 0 Å². The minimum atomic E-state index is 1.24. The molecule has 0 bridgehead atoms. The fourth-order valence-electron chi connectivity index (χ4n) is 7.60. The van der Waals surface area contributed by atoms with Crippen molar-refractivity contribution in [1.82, 2.24) is 0 Å². The Kier molecular flexibility index (Phi) is 5.98. The first-order valence-electron chi connectivity index (χ1n) is 16.7. The van der Waals surface area contributed by atoms with E-state index in [4.69, 9.17) is 0 Å². The predicted octanol–water partition coefficient (Wildman–Crippen LogP) is 13.6. The number of rotatable bonds is 3. The summed E-state index contributed by atoms with van der Waals surface area (Å²) in [6.07, 6.45) is 0. The van der Waals surface area contributed by atoms with Crippen molar-refractivity contribution in [1.29, 1.82) is 0 Å². The molecule has 10 rings (SSSR count). The molecule has 0 aromatic heterocycles. The van der Waals surface area contributed by atoms with Crippen molar-refractivity contribution in [2.75, 3.05) is 0 Å². The monoisotopic (exact) mass is 606 g/mol. The highest BCUT2D eigenvalue weighted by Gasteiger charge is 2.09. The van der Waals surface area contributed by atoms with Gasteiger partial charge in [0, 0.05) is 0 Å². The first-order chi connectivity index (χ1) is 23.7. The Hall–Kier alpha value is -6.24. The van der Waals surface area contributed by atoms with E-state index in [1.807, 2.05) is 0 Å². The molecule has 0 aliphatic carbocycles. The third-order valence-corrected chi connectivity index (χ3v) is 10.2. The molecular weight excluding hydrogens is 577 g/mol. The van der Waals surface area contributed by atoms with Gasteiger partial charge in [-0.2, -0.15) is 0 Å². The van der Waals surface area contributed by atoms with Gasteiger partial charge in [-0.25, -0.2) is 0 Å². The molecule has 0 unspecified atom stereocenters. The number of fused-ring (bicyclic) bond motifs is 8. The quantitative estimate of drug-likeness (QED) is 0.176. The Morgan fingerprint density at radius 3 is 0.708 bits per heavy atom. The molecule has 0 aliphatic rings. The van der Waals surface area contributed by atoms with E-state index in [0.717, 1.165) is 0 Å². The lowest BCUT2D eigenvalue weighted by molar-refractivity contribution is 1.67. The van der Waals surface area contributed by atoms with E-state index >= 15 is 0 Å². The summed E-state index contributed by atoms with van der Waals surface area (Å²) in [5.74, 6) is 0. The van der Waals surface area contributed by atoms with E-state index in [1.54, 1.807) is 0 Å². The SMILES string of the molecule is c1ccc2cc(-c3ccc4c(ccc5cc(-c6ccc7c(ccc8cc(-c9ccc%10ccccc%10c9)ccc87)c6)ccc54)c3)ccc2c1. The summed E-state index contributed by atoms with van der Waals surface area (Å²) in [5, 5.41) is 15.3. The van der Waals surface area contributed by atoms with Crippen LogP contribution in [0.1, 0.15) is 0 Å². The number of hydrogen-bond acceptors (Lipinski definition) is 0. The molecule has 0 saturated carbocycles. The highest BCUT2D eigenvalue weighted by molar-refractivity contribution is 6.11. The summed E-state index contributed by atoms with van der Waals surface area (Å²) in [6.45, 7) is 0. The Morgan fingerprint density at radius 1 is 0.167 bits per heavy atom. The first-order valence-corrected chi connectivity index (χ1v) is 16.7. The average Bonchev–Trinajstić information content (AvgIpc) is 3.16. The molecule has 0 N–H and O–H groups in total. The molecule has 222 valence electrons. The van der Waals surface area contributed by atoms with Crippen LogP contribution in [0.5, 0.6) is 0 Å². The zero-order valence-electron chi connectivity index (χ0n) is 26.3. The summed E-state index contributed by atoms with van der Waals surface area (Å²) in [6, 6.07) is 67.2. The molecular formula is C48H30. The van der Waals surface area contributed by atoms with Gasteiger partial charge in [0.1, 0.15) is 0 Å². The molecule has 0 aliphatic heterocycles. The fraction of sp³-hybridized carbons (Fsp3) is 0. The van der Waals surface area contributed by atoms with Gasteiger partial charge in [-0.1, -0.05) is 146 Å². The van der Waals surface area contributed by atoms with Gasteiger partial charge in [-0.3, -0.25) is 0 Å². The van der Waals surface area contributed by atoms with Crippen LogP contribution in [0, 0.1) is 0 Å². The van der Waals surface area contributed by atoms with Gasteiger partial charge in [0.2, 0.25) is 0 Å². The molecule has 0 spiro atoms. The van der Waals surface area contributed by atoms with Crippen LogP contribution in [0.25, 0.3) is 98.0 Å². The Bertz CT molecular complexity index is 2690. The lowest BCUT2D eigenvalue weighted by Crippen LogP contribution is -1.85. The Balaban J connectivity index is 0.987. The normalized spacial score (nSPS) is 11.8. The van der Waals surface area contributed by atoms with Gasteiger partial charge in [-0.15, -0.1) is 0 Å². The van der Waals surface area contributed by atoms with Crippen molar-refractivity contribution in [3.05, 3.63) is 182 Å². The van der Waals surface area contributed by atoms with Gasteiger partial charge in [0.25, 0.3) is 0 Å². The molecule has 10 aromatic rings. The van der Waals surface area contributed by atoms with Gasteiger partial charge >= 0.3 is 0 Å². The highest BCUT2D eigenvalue weighted by Crippen LogP contribution is 2.36. The Morgan fingerprint density at radius 2 is 0.396 bits per heavy atom. The van der Waals surface area contributed by atoms with Crippen LogP contribution in [0.15, 0.2) is 182 Å². The van der Waals surface area contributed by atoms with Crippen LogP contribution < -0.4 is 0 Å². The van der Waals surface area contributed by atoms with E-state index in [9.17, 15) is 0 Å². The molecule has 0 amide bonds. The molecule has 0 radical (unpaired) electrons. The van der Waals surface area contributed by atoms with Crippen molar-refractivity contribution in [3.8, 4) is 33.4 Å². The zero-order chi connectivity index (χ0) is 31.6. The van der Waals surface area contributed by atoms with E-state index in [-0.39, 0.29) is 0 Å². The highest BCUT2D eigenvalue weighted by atomic mass is 14.1. The summed E-state index contributed by atoms with van der Waals surface area (Å²) in [7, 11) is 0. The third-order valence-electron chi connectivity index (χ3n) is 10.2. The maximum atomic E-state index is 2.34. The second-order valence-electron chi connectivity index (χ2n) is 13.0. The van der Waals surface area contributed by atoms with Crippen molar-refractivity contribution < 1.29 is 0 Å². The number of hydrogen-bond donors (Lipinski definition) is 0. The summed E-state index contributed by atoms with van der Waals surface area (Å²) < 4.78 is 0. The smallest absolute Gasteiger partial charge is 0.0105 e. The molecule has 0 fully saturated rings. The Labute approximate surface area is 279 Å². The lowest BCUT2D eigenvalue weighted by Gasteiger charge is -2.11. The number of benzene rings is 10. The van der Waals surface area contributed by atoms with Crippen LogP contribution in [0.3, 0.4) is 0 Å². The summed E-state index contributed by atoms with van der Waals surface area (Å²) >= 11 is 0. The third kappa shape index (κ3) is 4.46. The van der Waals surface area contributed by atoms with Gasteiger partial charge in [0.05, 0.1) is 0 Å². The van der Waals surface area contributed by atoms with Gasteiger partial charge < -0.3 is 0 Å². The van der Waals surface area contributed by atoms with Crippen molar-refractivity contribution >= 4 is 64.6 Å². The molecule has 0 nitrogen and oxygen atoms in total. The van der Waals surface area contributed by atoms with E-state index in [2.05, 4.69) is 182 Å². The van der Waals surface area contributed by atoms with Crippen LogP contribution in [-0.4, -0.2) is 0 Å². The van der Waals surface area contributed by atoms with Gasteiger partial charge in [0.15, 0.2) is 0 Å². The molecule has 48 heavy (non-hydrogen) atoms. The largest absolute Gasteiger partial charge is 0.0616 e. The molecule has 0 heterocycles. The minimum Gasteiger partial charge on any atom is -0.0616 e. The van der Waals surface area contributed by atoms with E-state index in [1.165, 1.54) is 98.0 Å². The second-order valence-corrected chi connectivity index (χ2v) is 13.0. The van der Waals surface area contributed by atoms with Crippen LogP contribution in [0.4, 0.5) is 0 Å². The molecule has 10 aromatic carbocycles. The summed E-state index contributed by atoms with van der Waals surface area (Å²) in [5.41, 5.74) is 7.48. The zero-order valence-corrected chi connectivity index (χ0v) is 26.3.